The maximum absolute atomic E-state index is 2.55. The lowest BCUT2D eigenvalue weighted by Gasteiger charge is -2.20. The van der Waals surface area contributed by atoms with E-state index >= 15 is 0 Å². The minimum absolute atomic E-state index is 1.20. The van der Waals surface area contributed by atoms with Crippen LogP contribution in [0, 0.1) is 0 Å². The van der Waals surface area contributed by atoms with Crippen LogP contribution in [0.25, 0.3) is 158 Å². The molecule has 3 heterocycles. The number of nitrogens with zero attached hydrogens (tertiary/aromatic N) is 1. The van der Waals surface area contributed by atoms with Crippen molar-refractivity contribution < 1.29 is 0 Å². The molecule has 0 fully saturated rings. The van der Waals surface area contributed by atoms with Gasteiger partial charge in [0.25, 0.3) is 0 Å². The first-order chi connectivity index (χ1) is 39.9. The first kappa shape index (κ1) is 46.3. The molecule has 0 aliphatic carbocycles. The van der Waals surface area contributed by atoms with Gasteiger partial charge in [0.1, 0.15) is 8.07 Å². The number of rotatable bonds is 6. The van der Waals surface area contributed by atoms with Crippen LogP contribution in [0.5, 0.6) is 0 Å². The van der Waals surface area contributed by atoms with Gasteiger partial charge in [-0.3, -0.25) is 0 Å². The maximum atomic E-state index is 2.55. The highest BCUT2D eigenvalue weighted by molar-refractivity contribution is 7.25. The molecule has 0 saturated carbocycles. The molecule has 14 aromatic carbocycles. The van der Waals surface area contributed by atoms with Gasteiger partial charge in [0.2, 0.25) is 0 Å². The van der Waals surface area contributed by atoms with E-state index in [0.29, 0.717) is 0 Å². The first-order valence-electron chi connectivity index (χ1n) is 28.2. The number of fused-ring (bicyclic) bond motifs is 15. The van der Waals surface area contributed by atoms with Crippen molar-refractivity contribution in [1.29, 1.82) is 0 Å². The van der Waals surface area contributed by atoms with E-state index in [1.807, 2.05) is 11.3 Å². The fourth-order valence-corrected chi connectivity index (χ4v) is 18.1. The van der Waals surface area contributed by atoms with Gasteiger partial charge in [0, 0.05) is 36.6 Å². The monoisotopic (exact) mass is 1060 g/mol. The van der Waals surface area contributed by atoms with Gasteiger partial charge in [-0.2, -0.15) is 0 Å². The number of thiophene rings is 1. The Morgan fingerprint density at radius 2 is 0.654 bits per heavy atom. The van der Waals surface area contributed by atoms with Crippen LogP contribution in [0.3, 0.4) is 0 Å². The molecule has 1 aliphatic heterocycles. The highest BCUT2D eigenvalue weighted by Crippen LogP contribution is 2.43. The summed E-state index contributed by atoms with van der Waals surface area (Å²) in [4.78, 5) is 0. The zero-order valence-corrected chi connectivity index (χ0v) is 46.7. The fraction of sp³-hybridized carbons (Fsp3) is 0.0256. The van der Waals surface area contributed by atoms with Crippen LogP contribution in [0.1, 0.15) is 0 Å². The molecule has 3 heteroatoms. The van der Waals surface area contributed by atoms with E-state index in [9.17, 15) is 0 Å². The molecule has 0 radical (unpaired) electrons. The van der Waals surface area contributed by atoms with Crippen LogP contribution in [-0.4, -0.2) is 12.6 Å². The van der Waals surface area contributed by atoms with E-state index in [2.05, 4.69) is 291 Å². The van der Waals surface area contributed by atoms with Crippen molar-refractivity contribution >= 4 is 115 Å². The maximum Gasteiger partial charge on any atom is 0.113 e. The van der Waals surface area contributed by atoms with Crippen LogP contribution >= 0.6 is 11.3 Å². The molecule has 17 rings (SSSR count). The molecule has 16 aromatic rings. The Kier molecular flexibility index (Phi) is 10.1. The van der Waals surface area contributed by atoms with Gasteiger partial charge >= 0.3 is 0 Å². The molecule has 81 heavy (non-hydrogen) atoms. The van der Waals surface area contributed by atoms with Crippen molar-refractivity contribution in [3.8, 4) is 72.4 Å². The third kappa shape index (κ3) is 7.15. The highest BCUT2D eigenvalue weighted by Gasteiger charge is 2.38. The number of hydrogen-bond donors (Lipinski definition) is 0. The summed E-state index contributed by atoms with van der Waals surface area (Å²) in [6, 6.07) is 103. The van der Waals surface area contributed by atoms with Gasteiger partial charge in [0.15, 0.2) is 0 Å². The van der Waals surface area contributed by atoms with Crippen molar-refractivity contribution in [2.75, 3.05) is 0 Å². The average molecular weight is 1060 g/mol. The Hall–Kier alpha value is -9.64. The SMILES string of the molecule is C[Si]1(C)c2cc(-c3ccc4sc5ccccc5c4c3)ccc2-c2ccc(-n3c4ccc(-c5ccc(-c6cc7ccccc7c7ccccc67)cc5)cc4c4cc(-c5ccc(-c6cc7ccccc7c7ccccc67)cc5)ccc43)cc21. The molecular weight excluding hydrogens is 1010 g/mol. The second-order valence-corrected chi connectivity index (χ2v) is 28.2. The molecule has 1 aliphatic rings. The zero-order chi connectivity index (χ0) is 53.5. The van der Waals surface area contributed by atoms with Crippen LogP contribution < -0.4 is 10.4 Å². The summed E-state index contributed by atoms with van der Waals surface area (Å²) < 4.78 is 5.21. The van der Waals surface area contributed by atoms with Crippen molar-refractivity contribution in [3.63, 3.8) is 0 Å². The molecule has 0 N–H and O–H groups in total. The van der Waals surface area contributed by atoms with Gasteiger partial charge in [-0.1, -0.05) is 219 Å². The molecule has 1 nitrogen and oxygen atoms in total. The second kappa shape index (κ2) is 17.7. The summed E-state index contributed by atoms with van der Waals surface area (Å²) in [5, 5.41) is 18.4. The topological polar surface area (TPSA) is 4.93 Å². The summed E-state index contributed by atoms with van der Waals surface area (Å²) in [5.41, 5.74) is 18.7. The molecule has 2 aromatic heterocycles. The molecule has 0 bridgehead atoms. The van der Waals surface area contributed by atoms with Crippen molar-refractivity contribution in [1.82, 2.24) is 4.57 Å². The van der Waals surface area contributed by atoms with E-state index in [1.165, 1.54) is 168 Å². The zero-order valence-electron chi connectivity index (χ0n) is 44.8. The van der Waals surface area contributed by atoms with E-state index in [1.54, 1.807) is 0 Å². The molecule has 0 atom stereocenters. The summed E-state index contributed by atoms with van der Waals surface area (Å²) in [6.45, 7) is 5.10. The summed E-state index contributed by atoms with van der Waals surface area (Å²) in [5.74, 6) is 0. The Balaban J connectivity index is 0.782. The Labute approximate surface area is 474 Å². The van der Waals surface area contributed by atoms with Gasteiger partial charge < -0.3 is 4.57 Å². The van der Waals surface area contributed by atoms with Crippen LogP contribution in [0.4, 0.5) is 0 Å². The highest BCUT2D eigenvalue weighted by atomic mass is 32.1. The molecule has 378 valence electrons. The predicted octanol–water partition coefficient (Wildman–Crippen LogP) is 20.9. The van der Waals surface area contributed by atoms with E-state index in [-0.39, 0.29) is 0 Å². The lowest BCUT2D eigenvalue weighted by atomic mass is 9.92. The van der Waals surface area contributed by atoms with Crippen LogP contribution in [0.15, 0.2) is 273 Å². The molecule has 0 unspecified atom stereocenters. The van der Waals surface area contributed by atoms with Gasteiger partial charge in [-0.15, -0.1) is 11.3 Å². The summed E-state index contributed by atoms with van der Waals surface area (Å²) in [6.07, 6.45) is 0. The standard InChI is InChI=1S/C78H51NSSi/c1-81(2)77-46-55(54-34-40-76-72(43-54)65-21-11-12-22-75(65)80-76)31-36-66(77)67-37-35-58(47-78(67)81)79-73-38-32-52(48-23-27-50(28-24-48)68-44-56-13-3-5-15-59(56)61-17-7-9-19-63(61)68)41-70(73)71-42-53(33-39-74(71)79)49-25-29-51(30-26-49)69-45-57-14-4-6-16-60(57)62-18-8-10-20-64(62)69/h3-47H,1-2H3. The van der Waals surface area contributed by atoms with Gasteiger partial charge in [0.05, 0.1) is 11.0 Å². The van der Waals surface area contributed by atoms with Crippen LogP contribution in [0.2, 0.25) is 13.1 Å². The van der Waals surface area contributed by atoms with Gasteiger partial charge in [-0.05, 0) is 187 Å². The molecule has 0 saturated heterocycles. The lowest BCUT2D eigenvalue weighted by Crippen LogP contribution is -2.49. The second-order valence-electron chi connectivity index (χ2n) is 22.8. The quantitative estimate of drug-likeness (QED) is 0.116. The van der Waals surface area contributed by atoms with E-state index < -0.39 is 8.07 Å². The van der Waals surface area contributed by atoms with Crippen molar-refractivity contribution in [2.24, 2.45) is 0 Å². The first-order valence-corrected chi connectivity index (χ1v) is 32.0. The summed E-state index contributed by atoms with van der Waals surface area (Å²) >= 11 is 1.88. The minimum Gasteiger partial charge on any atom is -0.309 e. The summed E-state index contributed by atoms with van der Waals surface area (Å²) in [7, 11) is -2.14. The molecule has 0 amide bonds. The Bertz CT molecular complexity index is 5090. The third-order valence-electron chi connectivity index (χ3n) is 18.0. The lowest BCUT2D eigenvalue weighted by molar-refractivity contribution is 1.18. The van der Waals surface area contributed by atoms with E-state index in [0.717, 1.165) is 0 Å². The molecule has 0 spiro atoms. The number of benzene rings is 14. The largest absolute Gasteiger partial charge is 0.309 e. The van der Waals surface area contributed by atoms with Gasteiger partial charge in [-0.25, -0.2) is 0 Å². The smallest absolute Gasteiger partial charge is 0.113 e. The minimum atomic E-state index is -2.14. The number of hydrogen-bond acceptors (Lipinski definition) is 1. The third-order valence-corrected chi connectivity index (χ3v) is 22.7. The predicted molar refractivity (Wildman–Crippen MR) is 353 cm³/mol. The van der Waals surface area contributed by atoms with E-state index in [4.69, 9.17) is 0 Å². The Morgan fingerprint density at radius 3 is 1.23 bits per heavy atom. The fourth-order valence-electron chi connectivity index (χ4n) is 13.9. The molecular formula is C78H51NSSi. The number of aromatic nitrogens is 1. The Morgan fingerprint density at radius 1 is 0.259 bits per heavy atom. The normalized spacial score (nSPS) is 12.9. The van der Waals surface area contributed by atoms with Crippen LogP contribution in [-0.2, 0) is 0 Å². The average Bonchev–Trinajstić information content (AvgIpc) is 4.36. The van der Waals surface area contributed by atoms with Crippen molar-refractivity contribution in [2.45, 2.75) is 13.1 Å². The van der Waals surface area contributed by atoms with Crippen molar-refractivity contribution in [3.05, 3.63) is 273 Å².